The summed E-state index contributed by atoms with van der Waals surface area (Å²) < 4.78 is 16.8. The van der Waals surface area contributed by atoms with Crippen molar-refractivity contribution in [2.75, 3.05) is 103 Å². The van der Waals surface area contributed by atoms with Crippen molar-refractivity contribution in [3.63, 3.8) is 0 Å². The van der Waals surface area contributed by atoms with Crippen molar-refractivity contribution in [3.8, 4) is 11.3 Å². The number of carbonyl (C=O) groups is 4. The summed E-state index contributed by atoms with van der Waals surface area (Å²) in [6, 6.07) is 33.3. The summed E-state index contributed by atoms with van der Waals surface area (Å²) in [5.41, 5.74) is 6.99. The fourth-order valence-corrected chi connectivity index (χ4v) is 7.94. The number of aryl methyl sites for hydroxylation is 1. The van der Waals surface area contributed by atoms with Crippen molar-refractivity contribution in [3.05, 3.63) is 149 Å². The second kappa shape index (κ2) is 26.0. The first kappa shape index (κ1) is 50.0. The quantitative estimate of drug-likeness (QED) is 0.0515. The molecule has 0 saturated heterocycles. The van der Waals surface area contributed by atoms with Crippen LogP contribution in [0.4, 0.5) is 11.4 Å². The lowest BCUT2D eigenvalue weighted by atomic mass is 9.87. The van der Waals surface area contributed by atoms with Crippen LogP contribution in [0.2, 0.25) is 0 Å². The average Bonchev–Trinajstić information content (AvgIpc) is 3.36. The normalized spacial score (nSPS) is 13.1. The number of carbonyl (C=O) groups excluding carboxylic acids is 4. The van der Waals surface area contributed by atoms with Crippen LogP contribution in [0.5, 0.6) is 0 Å². The number of anilines is 2. The number of amides is 4. The van der Waals surface area contributed by atoms with Crippen LogP contribution in [0.3, 0.4) is 0 Å². The number of aromatic nitrogens is 1. The first-order valence-corrected chi connectivity index (χ1v) is 23.3. The molecule has 4 amide bonds. The van der Waals surface area contributed by atoms with Crippen molar-refractivity contribution in [2.24, 2.45) is 0 Å². The van der Waals surface area contributed by atoms with Gasteiger partial charge >= 0.3 is 0 Å². The third-order valence-electron chi connectivity index (χ3n) is 11.8. The summed E-state index contributed by atoms with van der Waals surface area (Å²) in [6.45, 7) is 10.6. The number of ether oxygens (including phenoxy) is 3. The van der Waals surface area contributed by atoms with Crippen LogP contribution in [0.25, 0.3) is 11.3 Å². The van der Waals surface area contributed by atoms with Gasteiger partial charge < -0.3 is 44.9 Å². The van der Waals surface area contributed by atoms with E-state index in [2.05, 4.69) is 56.7 Å². The van der Waals surface area contributed by atoms with E-state index in [4.69, 9.17) is 14.2 Å². The molecule has 67 heavy (non-hydrogen) atoms. The molecule has 354 valence electrons. The number of benzene rings is 4. The monoisotopic (exact) mass is 911 g/mol. The number of fused-ring (bicyclic) bond motifs is 1. The van der Waals surface area contributed by atoms with Gasteiger partial charge in [-0.05, 0) is 112 Å². The summed E-state index contributed by atoms with van der Waals surface area (Å²) in [7, 11) is 3.73. The molecule has 1 aromatic heterocycles. The Morgan fingerprint density at radius 3 is 2.12 bits per heavy atom. The summed E-state index contributed by atoms with van der Waals surface area (Å²) in [5.74, 6) is -0.877. The number of hydrogen-bond acceptors (Lipinski definition) is 10. The van der Waals surface area contributed by atoms with E-state index in [1.165, 1.54) is 5.56 Å². The Labute approximate surface area is 395 Å². The van der Waals surface area contributed by atoms with E-state index < -0.39 is 0 Å². The number of hydrogen-bond donors (Lipinski definition) is 3. The molecule has 3 N–H and O–H groups in total. The zero-order chi connectivity index (χ0) is 47.4. The molecule has 0 fully saturated rings. The van der Waals surface area contributed by atoms with Crippen LogP contribution < -0.4 is 20.9 Å². The zero-order valence-corrected chi connectivity index (χ0v) is 39.3. The third-order valence-corrected chi connectivity index (χ3v) is 11.8. The first-order chi connectivity index (χ1) is 32.6. The molecule has 0 aliphatic heterocycles. The molecule has 1 heterocycles. The van der Waals surface area contributed by atoms with Gasteiger partial charge in [0.1, 0.15) is 0 Å². The lowest BCUT2D eigenvalue weighted by Gasteiger charge is -2.26. The largest absolute Gasteiger partial charge is 0.378 e. The number of likely N-dealkylation sites (N-methyl/N-ethyl adjacent to an activating group) is 2. The van der Waals surface area contributed by atoms with Crippen LogP contribution in [0.15, 0.2) is 115 Å². The standard InChI is InChI=1S/C53H65N7O7/c1-5-60(6-2)44-22-23-48(46(38-44)49-37-42(24-25-54-49)52(63)56-47-21-13-17-39-14-10-11-20-45(39)47)57-51(62)41-18-12-19-43(36-41)53(64)59(4)28-27-58(3)29-31-66-33-35-67-34-32-65-30-26-55-50(61)40-15-8-7-9-16-40/h7-12,14-16,18-20,22-25,36-38,47H,5-6,13,17,21,26-35H2,1-4H3,(H,55,61)(H,56,63)(H,57,62)/t47-/m0/s1. The van der Waals surface area contributed by atoms with Crippen LogP contribution in [-0.2, 0) is 20.6 Å². The van der Waals surface area contributed by atoms with Crippen molar-refractivity contribution in [2.45, 2.75) is 39.2 Å². The lowest BCUT2D eigenvalue weighted by Crippen LogP contribution is -2.36. The fraction of sp³-hybridized carbons (Fsp3) is 0.377. The highest BCUT2D eigenvalue weighted by Crippen LogP contribution is 2.33. The maximum absolute atomic E-state index is 13.9. The molecule has 0 spiro atoms. The van der Waals surface area contributed by atoms with E-state index in [1.807, 2.05) is 55.6 Å². The number of pyridine rings is 1. The second-order valence-electron chi connectivity index (χ2n) is 16.5. The van der Waals surface area contributed by atoms with Gasteiger partial charge in [0.15, 0.2) is 0 Å². The minimum atomic E-state index is -0.376. The van der Waals surface area contributed by atoms with Crippen molar-refractivity contribution in [1.82, 2.24) is 25.4 Å². The van der Waals surface area contributed by atoms with Gasteiger partial charge in [0, 0.05) is 86.0 Å². The molecule has 5 aromatic rings. The second-order valence-corrected chi connectivity index (χ2v) is 16.5. The molecule has 4 aromatic carbocycles. The molecule has 1 aliphatic rings. The molecular formula is C53H65N7O7. The summed E-state index contributed by atoms with van der Waals surface area (Å²) in [4.78, 5) is 63.9. The third kappa shape index (κ3) is 14.8. The molecule has 0 unspecified atom stereocenters. The fourth-order valence-electron chi connectivity index (χ4n) is 7.94. The van der Waals surface area contributed by atoms with Crippen molar-refractivity contribution < 1.29 is 33.4 Å². The molecule has 14 nitrogen and oxygen atoms in total. The Balaban J connectivity index is 0.957. The minimum absolute atomic E-state index is 0.0687. The van der Waals surface area contributed by atoms with E-state index >= 15 is 0 Å². The van der Waals surface area contributed by atoms with Gasteiger partial charge in [0.05, 0.1) is 57.1 Å². The van der Waals surface area contributed by atoms with E-state index in [0.29, 0.717) is 105 Å². The van der Waals surface area contributed by atoms with Gasteiger partial charge in [0.25, 0.3) is 23.6 Å². The van der Waals surface area contributed by atoms with Crippen LogP contribution in [0, 0.1) is 0 Å². The van der Waals surface area contributed by atoms with Gasteiger partial charge in [0.2, 0.25) is 0 Å². The van der Waals surface area contributed by atoms with E-state index in [9.17, 15) is 19.2 Å². The molecule has 0 bridgehead atoms. The smallest absolute Gasteiger partial charge is 0.255 e. The minimum Gasteiger partial charge on any atom is -0.378 e. The highest BCUT2D eigenvalue weighted by Gasteiger charge is 2.23. The topological polar surface area (TPSA) is 155 Å². The van der Waals surface area contributed by atoms with E-state index in [-0.39, 0.29) is 29.7 Å². The Morgan fingerprint density at radius 1 is 0.657 bits per heavy atom. The molecule has 14 heteroatoms. The Morgan fingerprint density at radius 2 is 1.34 bits per heavy atom. The Bertz CT molecular complexity index is 2390. The van der Waals surface area contributed by atoms with Crippen molar-refractivity contribution in [1.29, 1.82) is 0 Å². The molecule has 1 aliphatic carbocycles. The average molecular weight is 912 g/mol. The Kier molecular flexibility index (Phi) is 19.4. The van der Waals surface area contributed by atoms with Crippen LogP contribution >= 0.6 is 0 Å². The summed E-state index contributed by atoms with van der Waals surface area (Å²) in [5, 5.41) is 9.15. The van der Waals surface area contributed by atoms with Gasteiger partial charge in [-0.2, -0.15) is 0 Å². The predicted octanol–water partition coefficient (Wildman–Crippen LogP) is 7.14. The highest BCUT2D eigenvalue weighted by atomic mass is 16.5. The van der Waals surface area contributed by atoms with Gasteiger partial charge in [-0.25, -0.2) is 0 Å². The van der Waals surface area contributed by atoms with E-state index in [1.54, 1.807) is 66.7 Å². The molecule has 1 atom stereocenters. The number of nitrogens with one attached hydrogen (secondary N) is 3. The lowest BCUT2D eigenvalue weighted by molar-refractivity contribution is 0.0119. The zero-order valence-electron chi connectivity index (χ0n) is 39.3. The number of nitrogens with zero attached hydrogens (tertiary/aromatic N) is 4. The number of rotatable bonds is 25. The maximum Gasteiger partial charge on any atom is 0.255 e. The highest BCUT2D eigenvalue weighted by molar-refractivity contribution is 6.08. The van der Waals surface area contributed by atoms with E-state index in [0.717, 1.165) is 43.6 Å². The van der Waals surface area contributed by atoms with Crippen LogP contribution in [-0.4, -0.2) is 131 Å². The summed E-state index contributed by atoms with van der Waals surface area (Å²) >= 11 is 0. The molecule has 6 rings (SSSR count). The maximum atomic E-state index is 13.9. The van der Waals surface area contributed by atoms with Crippen LogP contribution in [0.1, 0.15) is 85.3 Å². The molecule has 0 radical (unpaired) electrons. The van der Waals surface area contributed by atoms with Gasteiger partial charge in [-0.1, -0.05) is 48.5 Å². The predicted molar refractivity (Wildman–Crippen MR) is 263 cm³/mol. The first-order valence-electron chi connectivity index (χ1n) is 23.3. The van der Waals surface area contributed by atoms with Gasteiger partial charge in [-0.3, -0.25) is 24.2 Å². The molecular weight excluding hydrogens is 847 g/mol. The SMILES string of the molecule is CCN(CC)c1ccc(NC(=O)c2cccc(C(=O)N(C)CCN(C)CCOCCOCCOCCNC(=O)c3ccccc3)c2)c(-c2cc(C(=O)N[C@H]3CCCc4ccccc43)ccn2)c1. The molecule has 0 saturated carbocycles. The Hall–Kier alpha value is -6.45. The van der Waals surface area contributed by atoms with Crippen molar-refractivity contribution >= 4 is 35.0 Å². The van der Waals surface area contributed by atoms with Gasteiger partial charge in [-0.15, -0.1) is 0 Å². The summed E-state index contributed by atoms with van der Waals surface area (Å²) in [6.07, 6.45) is 4.52.